The lowest BCUT2D eigenvalue weighted by Gasteiger charge is -2.17. The zero-order valence-corrected chi connectivity index (χ0v) is 14.0. The molecule has 1 aromatic heterocycles. The van der Waals surface area contributed by atoms with E-state index in [2.05, 4.69) is 37.6 Å². The fraction of sp³-hybridized carbons (Fsp3) is 0.389. The van der Waals surface area contributed by atoms with Crippen molar-refractivity contribution >= 4 is 23.2 Å². The average Bonchev–Trinajstić information content (AvgIpc) is 3.15. The molecule has 24 heavy (non-hydrogen) atoms. The number of hydrogen-bond acceptors (Lipinski definition) is 5. The van der Waals surface area contributed by atoms with Gasteiger partial charge in [0.25, 0.3) is 5.91 Å². The van der Waals surface area contributed by atoms with Crippen LogP contribution in [0.15, 0.2) is 36.5 Å². The van der Waals surface area contributed by atoms with Gasteiger partial charge in [-0.05, 0) is 49.6 Å². The molecule has 0 radical (unpaired) electrons. The van der Waals surface area contributed by atoms with Crippen LogP contribution in [-0.4, -0.2) is 35.5 Å². The highest BCUT2D eigenvalue weighted by Crippen LogP contribution is 2.23. The van der Waals surface area contributed by atoms with Crippen molar-refractivity contribution in [3.05, 3.63) is 42.2 Å². The van der Waals surface area contributed by atoms with E-state index < -0.39 is 0 Å². The van der Waals surface area contributed by atoms with Gasteiger partial charge in [0.05, 0.1) is 0 Å². The first-order valence-corrected chi connectivity index (χ1v) is 8.49. The van der Waals surface area contributed by atoms with Crippen molar-refractivity contribution in [1.82, 2.24) is 15.3 Å². The number of aromatic nitrogens is 2. The first kappa shape index (κ1) is 16.2. The summed E-state index contributed by atoms with van der Waals surface area (Å²) in [6.07, 6.45) is 5.02. The van der Waals surface area contributed by atoms with Gasteiger partial charge in [-0.3, -0.25) is 4.79 Å². The third kappa shape index (κ3) is 4.01. The molecule has 1 aromatic carbocycles. The van der Waals surface area contributed by atoms with Gasteiger partial charge in [-0.2, -0.15) is 0 Å². The van der Waals surface area contributed by atoms with Crippen LogP contribution in [0.1, 0.15) is 36.7 Å². The molecule has 0 atom stereocenters. The molecule has 0 spiro atoms. The van der Waals surface area contributed by atoms with Gasteiger partial charge in [0, 0.05) is 37.2 Å². The van der Waals surface area contributed by atoms with Crippen LogP contribution in [0.2, 0.25) is 0 Å². The maximum absolute atomic E-state index is 12.0. The van der Waals surface area contributed by atoms with E-state index >= 15 is 0 Å². The normalized spacial score (nSPS) is 13.8. The standard InChI is InChI=1S/C18H23N5O/c1-2-10-19-17(24)16-9-11-20-18(22-16)21-14-5-7-15(8-6-14)23-12-3-4-13-23/h5-9,11H,2-4,10,12-13H2,1H3,(H,19,24)(H,20,21,22). The first-order chi connectivity index (χ1) is 11.8. The molecular weight excluding hydrogens is 302 g/mol. The van der Waals surface area contributed by atoms with Gasteiger partial charge in [0.2, 0.25) is 5.95 Å². The number of amides is 1. The Balaban J connectivity index is 1.66. The number of hydrogen-bond donors (Lipinski definition) is 2. The topological polar surface area (TPSA) is 70.2 Å². The molecule has 2 aromatic rings. The van der Waals surface area contributed by atoms with Crippen molar-refractivity contribution in [1.29, 1.82) is 0 Å². The molecule has 1 aliphatic heterocycles. The highest BCUT2D eigenvalue weighted by molar-refractivity contribution is 5.92. The van der Waals surface area contributed by atoms with Crippen LogP contribution in [0, 0.1) is 0 Å². The molecule has 1 aliphatic rings. The summed E-state index contributed by atoms with van der Waals surface area (Å²) >= 11 is 0. The molecule has 1 saturated heterocycles. The van der Waals surface area contributed by atoms with Crippen molar-refractivity contribution in [3.63, 3.8) is 0 Å². The Hall–Kier alpha value is -2.63. The van der Waals surface area contributed by atoms with Gasteiger partial charge in [-0.1, -0.05) is 6.92 Å². The van der Waals surface area contributed by atoms with Crippen LogP contribution in [-0.2, 0) is 0 Å². The summed E-state index contributed by atoms with van der Waals surface area (Å²) in [6.45, 7) is 4.91. The summed E-state index contributed by atoms with van der Waals surface area (Å²) in [5.74, 6) is 0.250. The van der Waals surface area contributed by atoms with Crippen molar-refractivity contribution in [2.24, 2.45) is 0 Å². The second-order valence-electron chi connectivity index (χ2n) is 5.89. The Bertz CT molecular complexity index is 680. The molecule has 1 fully saturated rings. The summed E-state index contributed by atoms with van der Waals surface area (Å²) in [5.41, 5.74) is 2.52. The van der Waals surface area contributed by atoms with Gasteiger partial charge in [0.1, 0.15) is 5.69 Å². The van der Waals surface area contributed by atoms with Crippen molar-refractivity contribution in [2.45, 2.75) is 26.2 Å². The molecule has 2 heterocycles. The second-order valence-corrected chi connectivity index (χ2v) is 5.89. The monoisotopic (exact) mass is 325 g/mol. The summed E-state index contributed by atoms with van der Waals surface area (Å²) in [7, 11) is 0. The predicted octanol–water partition coefficient (Wildman–Crippen LogP) is 2.96. The number of rotatable bonds is 6. The maximum atomic E-state index is 12.0. The third-order valence-electron chi connectivity index (χ3n) is 4.02. The van der Waals surface area contributed by atoms with E-state index in [4.69, 9.17) is 0 Å². The summed E-state index contributed by atoms with van der Waals surface area (Å²) in [5, 5.41) is 5.97. The fourth-order valence-electron chi connectivity index (χ4n) is 2.73. The van der Waals surface area contributed by atoms with Crippen LogP contribution in [0.3, 0.4) is 0 Å². The number of carbonyl (C=O) groups is 1. The lowest BCUT2D eigenvalue weighted by atomic mass is 10.2. The van der Waals surface area contributed by atoms with Crippen LogP contribution in [0.4, 0.5) is 17.3 Å². The van der Waals surface area contributed by atoms with E-state index in [0.717, 1.165) is 25.2 Å². The molecule has 0 aliphatic carbocycles. The van der Waals surface area contributed by atoms with Gasteiger partial charge in [-0.25, -0.2) is 9.97 Å². The Labute approximate surface area is 142 Å². The predicted molar refractivity (Wildman–Crippen MR) is 95.8 cm³/mol. The summed E-state index contributed by atoms with van der Waals surface area (Å²) < 4.78 is 0. The van der Waals surface area contributed by atoms with Gasteiger partial charge < -0.3 is 15.5 Å². The van der Waals surface area contributed by atoms with E-state index in [-0.39, 0.29) is 5.91 Å². The molecule has 2 N–H and O–H groups in total. The Morgan fingerprint density at radius 2 is 1.92 bits per heavy atom. The minimum atomic E-state index is -0.174. The highest BCUT2D eigenvalue weighted by Gasteiger charge is 2.12. The van der Waals surface area contributed by atoms with E-state index in [0.29, 0.717) is 18.2 Å². The highest BCUT2D eigenvalue weighted by atomic mass is 16.1. The number of nitrogens with one attached hydrogen (secondary N) is 2. The largest absolute Gasteiger partial charge is 0.372 e. The number of nitrogens with zero attached hydrogens (tertiary/aromatic N) is 3. The maximum Gasteiger partial charge on any atom is 0.270 e. The Morgan fingerprint density at radius 1 is 1.17 bits per heavy atom. The lowest BCUT2D eigenvalue weighted by Crippen LogP contribution is -2.25. The number of anilines is 3. The van der Waals surface area contributed by atoms with Crippen molar-refractivity contribution in [2.75, 3.05) is 29.9 Å². The first-order valence-electron chi connectivity index (χ1n) is 8.49. The van der Waals surface area contributed by atoms with E-state index in [1.807, 2.05) is 19.1 Å². The smallest absolute Gasteiger partial charge is 0.270 e. The quantitative estimate of drug-likeness (QED) is 0.854. The third-order valence-corrected chi connectivity index (χ3v) is 4.02. The summed E-state index contributed by atoms with van der Waals surface area (Å²) in [4.78, 5) is 22.8. The van der Waals surface area contributed by atoms with E-state index in [1.54, 1.807) is 12.3 Å². The molecule has 3 rings (SSSR count). The minimum absolute atomic E-state index is 0.174. The average molecular weight is 325 g/mol. The second kappa shape index (κ2) is 7.77. The van der Waals surface area contributed by atoms with Crippen molar-refractivity contribution < 1.29 is 4.79 Å². The van der Waals surface area contributed by atoms with Crippen LogP contribution in [0.5, 0.6) is 0 Å². The van der Waals surface area contributed by atoms with Gasteiger partial charge >= 0.3 is 0 Å². The molecule has 126 valence electrons. The van der Waals surface area contributed by atoms with E-state index in [1.165, 1.54) is 18.5 Å². The molecule has 0 saturated carbocycles. The van der Waals surface area contributed by atoms with E-state index in [9.17, 15) is 4.79 Å². The van der Waals surface area contributed by atoms with Crippen LogP contribution >= 0.6 is 0 Å². The Morgan fingerprint density at radius 3 is 2.62 bits per heavy atom. The molecule has 6 nitrogen and oxygen atoms in total. The van der Waals surface area contributed by atoms with Crippen LogP contribution < -0.4 is 15.5 Å². The zero-order chi connectivity index (χ0) is 16.8. The number of benzene rings is 1. The van der Waals surface area contributed by atoms with Crippen LogP contribution in [0.25, 0.3) is 0 Å². The molecule has 6 heteroatoms. The molecule has 1 amide bonds. The lowest BCUT2D eigenvalue weighted by molar-refractivity contribution is 0.0948. The fourth-order valence-corrected chi connectivity index (χ4v) is 2.73. The Kier molecular flexibility index (Phi) is 5.25. The molecule has 0 unspecified atom stereocenters. The minimum Gasteiger partial charge on any atom is -0.372 e. The summed E-state index contributed by atoms with van der Waals surface area (Å²) in [6, 6.07) is 9.85. The SMILES string of the molecule is CCCNC(=O)c1ccnc(Nc2ccc(N3CCCC3)cc2)n1. The number of carbonyl (C=O) groups excluding carboxylic acids is 1. The molecule has 0 bridgehead atoms. The van der Waals surface area contributed by atoms with Crippen molar-refractivity contribution in [3.8, 4) is 0 Å². The van der Waals surface area contributed by atoms with Gasteiger partial charge in [-0.15, -0.1) is 0 Å². The van der Waals surface area contributed by atoms with Gasteiger partial charge in [0.15, 0.2) is 0 Å². The molecular formula is C18H23N5O. The zero-order valence-electron chi connectivity index (χ0n) is 14.0.